The first-order chi connectivity index (χ1) is 12.4. The van der Waals surface area contributed by atoms with E-state index in [4.69, 9.17) is 32.8 Å². The Morgan fingerprint density at radius 1 is 1.50 bits per heavy atom. The van der Waals surface area contributed by atoms with E-state index in [0.29, 0.717) is 29.6 Å². The van der Waals surface area contributed by atoms with E-state index in [0.717, 1.165) is 0 Å². The lowest BCUT2D eigenvalue weighted by molar-refractivity contribution is -0.0443. The molecule has 2 saturated heterocycles. The molecule has 0 aromatic carbocycles. The molecule has 11 nitrogen and oxygen atoms in total. The monoisotopic (exact) mass is 401 g/mol. The molecule has 14 heteroatoms. The maximum atomic E-state index is 10.8. The molecular weight excluding hydrogens is 382 g/mol. The second-order valence-corrected chi connectivity index (χ2v) is 8.79. The quantitative estimate of drug-likeness (QED) is 0.297. The summed E-state index contributed by atoms with van der Waals surface area (Å²) in [6, 6.07) is 0. The van der Waals surface area contributed by atoms with Crippen molar-refractivity contribution in [3.05, 3.63) is 6.33 Å². The fraction of sp³-hybridized carbons (Fsp3) is 0.667. The molecule has 3 aliphatic heterocycles. The fourth-order valence-electron chi connectivity index (χ4n) is 3.18. The van der Waals surface area contributed by atoms with Gasteiger partial charge in [0.2, 0.25) is 0 Å². The minimum absolute atomic E-state index is 0.0274. The van der Waals surface area contributed by atoms with Crippen LogP contribution in [-0.4, -0.2) is 76.5 Å². The molecule has 4 rings (SSSR count). The topological polar surface area (TPSA) is 161 Å². The van der Waals surface area contributed by atoms with Gasteiger partial charge >= 0.3 is 15.4 Å². The minimum Gasteiger partial charge on any atom is -0.385 e. The Morgan fingerprint density at radius 3 is 3.08 bits per heavy atom. The summed E-state index contributed by atoms with van der Waals surface area (Å²) in [4.78, 5) is 19.9. The third-order valence-corrected chi connectivity index (χ3v) is 6.49. The first-order valence-electron chi connectivity index (χ1n) is 7.95. The number of fused-ring (bicyclic) bond motifs is 2. The van der Waals surface area contributed by atoms with Gasteiger partial charge in [0, 0.05) is 12.3 Å². The number of hydrogen-bond donors (Lipinski definition) is 5. The number of nitrogens with zero attached hydrogens (tertiary/aromatic N) is 3. The van der Waals surface area contributed by atoms with Gasteiger partial charge in [0.25, 0.3) is 0 Å². The van der Waals surface area contributed by atoms with Crippen molar-refractivity contribution < 1.29 is 23.8 Å². The molecule has 4 heterocycles. The highest BCUT2D eigenvalue weighted by molar-refractivity contribution is 8.00. The fourth-order valence-corrected chi connectivity index (χ4v) is 5.15. The first-order valence-corrected chi connectivity index (χ1v) is 10.6. The Bertz CT molecular complexity index is 692. The van der Waals surface area contributed by atoms with Gasteiger partial charge in [0.05, 0.1) is 0 Å². The van der Waals surface area contributed by atoms with Crippen LogP contribution >= 0.6 is 19.6 Å². The Morgan fingerprint density at radius 2 is 2.31 bits per heavy atom. The van der Waals surface area contributed by atoms with Gasteiger partial charge in [-0.05, 0) is 0 Å². The normalized spacial score (nSPS) is 38.7. The molecule has 2 radical (unpaired) electrons. The summed E-state index contributed by atoms with van der Waals surface area (Å²) < 4.78 is 16.4. The van der Waals surface area contributed by atoms with E-state index in [1.807, 2.05) is 0 Å². The standard InChI is InChI=1S/C12H19BN6O5PS/c13-25(21)22-3-5-8(24-25)7(20)11(23-5)19-10-6(9(15)16-4-17-10)18-12(19)26-2-1-14/h4-5,7-8,11-12,18,20-21H,1-3,14H2,(H2,15,16,17)/q+1/t5?,7?,8-,11?,12?,25?/m1/s1. The lowest BCUT2D eigenvalue weighted by atomic mass is 10.1. The molecule has 0 saturated carbocycles. The van der Waals surface area contributed by atoms with Gasteiger partial charge in [-0.1, -0.05) is 0 Å². The van der Waals surface area contributed by atoms with Gasteiger partial charge < -0.3 is 26.6 Å². The molecule has 140 valence electrons. The van der Waals surface area contributed by atoms with E-state index in [-0.39, 0.29) is 12.1 Å². The van der Waals surface area contributed by atoms with Crippen molar-refractivity contribution >= 4 is 44.5 Å². The molecule has 1 aromatic heterocycles. The van der Waals surface area contributed by atoms with Crippen molar-refractivity contribution in [2.24, 2.45) is 5.73 Å². The maximum absolute atomic E-state index is 10.8. The zero-order valence-corrected chi connectivity index (χ0v) is 15.3. The maximum Gasteiger partial charge on any atom is 0.488 e. The predicted octanol–water partition coefficient (Wildman–Crippen LogP) is -1.39. The van der Waals surface area contributed by atoms with E-state index in [2.05, 4.69) is 15.3 Å². The zero-order valence-electron chi connectivity index (χ0n) is 13.6. The molecule has 0 aliphatic carbocycles. The summed E-state index contributed by atoms with van der Waals surface area (Å²) in [5, 5.41) is 14.0. The van der Waals surface area contributed by atoms with Gasteiger partial charge in [-0.15, -0.1) is 11.8 Å². The van der Waals surface area contributed by atoms with E-state index in [9.17, 15) is 10.00 Å². The average molecular weight is 401 g/mol. The molecule has 6 atom stereocenters. The highest BCUT2D eigenvalue weighted by atomic mass is 32.2. The van der Waals surface area contributed by atoms with E-state index in [1.54, 1.807) is 4.90 Å². The average Bonchev–Trinajstić information content (AvgIpc) is 3.11. The number of nitrogens with one attached hydrogen (secondary N) is 1. The van der Waals surface area contributed by atoms with Crippen LogP contribution in [0.1, 0.15) is 0 Å². The van der Waals surface area contributed by atoms with Crippen molar-refractivity contribution in [1.29, 1.82) is 0 Å². The molecule has 1 aromatic rings. The second kappa shape index (κ2) is 6.91. The van der Waals surface area contributed by atoms with Gasteiger partial charge in [0.15, 0.2) is 29.5 Å². The Labute approximate surface area is 155 Å². The molecule has 3 aliphatic rings. The van der Waals surface area contributed by atoms with E-state index in [1.165, 1.54) is 18.1 Å². The molecule has 0 amide bonds. The lowest BCUT2D eigenvalue weighted by Gasteiger charge is -2.32. The van der Waals surface area contributed by atoms with Crippen molar-refractivity contribution in [3.8, 4) is 0 Å². The first kappa shape index (κ1) is 18.4. The Hall–Kier alpha value is -0.915. The van der Waals surface area contributed by atoms with Crippen LogP contribution in [0.5, 0.6) is 0 Å². The van der Waals surface area contributed by atoms with Gasteiger partial charge in [-0.3, -0.25) is 4.90 Å². The van der Waals surface area contributed by atoms with Gasteiger partial charge in [-0.2, -0.15) is 9.05 Å². The van der Waals surface area contributed by atoms with Crippen molar-refractivity contribution in [1.82, 2.24) is 9.97 Å². The van der Waals surface area contributed by atoms with Crippen LogP contribution in [0.15, 0.2) is 6.33 Å². The van der Waals surface area contributed by atoms with Crippen molar-refractivity contribution in [2.75, 3.05) is 34.9 Å². The summed E-state index contributed by atoms with van der Waals surface area (Å²) in [6.45, 7) is 0.509. The molecular formula is C12H19BN6O5PS+. The number of aliphatic hydroxyl groups excluding tert-OH is 1. The van der Waals surface area contributed by atoms with Crippen LogP contribution in [0.3, 0.4) is 0 Å². The van der Waals surface area contributed by atoms with Crippen molar-refractivity contribution in [3.63, 3.8) is 0 Å². The number of thioether (sulfide) groups is 1. The van der Waals surface area contributed by atoms with E-state index < -0.39 is 32.4 Å². The van der Waals surface area contributed by atoms with Crippen LogP contribution in [0, 0.1) is 0 Å². The third kappa shape index (κ3) is 3.12. The highest BCUT2D eigenvalue weighted by Gasteiger charge is 2.59. The Kier molecular flexibility index (Phi) is 4.91. The molecule has 26 heavy (non-hydrogen) atoms. The van der Waals surface area contributed by atoms with Crippen LogP contribution in [-0.2, 0) is 13.8 Å². The number of hydrogen-bond acceptors (Lipinski definition) is 12. The summed E-state index contributed by atoms with van der Waals surface area (Å²) in [5.74, 6) is 1.47. The number of ether oxygens (including phenoxy) is 1. The minimum atomic E-state index is -3.45. The number of nitrogen functional groups attached to an aromatic ring is 1. The van der Waals surface area contributed by atoms with Gasteiger partial charge in [-0.25, -0.2) is 14.9 Å². The second-order valence-electron chi connectivity index (χ2n) is 6.01. The smallest absolute Gasteiger partial charge is 0.385 e. The number of anilines is 3. The number of aliphatic hydroxyl groups is 1. The number of aromatic nitrogens is 2. The summed E-state index contributed by atoms with van der Waals surface area (Å²) in [6.07, 6.45) is -1.91. The number of rotatable bonds is 4. The highest BCUT2D eigenvalue weighted by Crippen LogP contribution is 2.58. The molecule has 0 spiro atoms. The summed E-state index contributed by atoms with van der Waals surface area (Å²) >= 11 is 1.52. The SMILES string of the molecule is [B][P+]1(O)OCC2OC(N3c4ncnc(N)c4NC3SCCN)C(O)[C@@H]2O1. The molecule has 0 bridgehead atoms. The predicted molar refractivity (Wildman–Crippen MR) is 98.2 cm³/mol. The number of nitrogens with two attached hydrogens (primary N) is 2. The Balaban J connectivity index is 1.63. The zero-order chi connectivity index (χ0) is 18.5. The van der Waals surface area contributed by atoms with Crippen LogP contribution in [0.4, 0.5) is 17.3 Å². The molecule has 5 unspecified atom stereocenters. The summed E-state index contributed by atoms with van der Waals surface area (Å²) in [5.41, 5.74) is 11.8. The van der Waals surface area contributed by atoms with Crippen LogP contribution in [0.2, 0.25) is 0 Å². The summed E-state index contributed by atoms with van der Waals surface area (Å²) in [7, 11) is 2.11. The van der Waals surface area contributed by atoms with Crippen LogP contribution in [0.25, 0.3) is 0 Å². The molecule has 2 fully saturated rings. The van der Waals surface area contributed by atoms with Gasteiger partial charge in [0.1, 0.15) is 30.8 Å². The largest absolute Gasteiger partial charge is 0.488 e. The lowest BCUT2D eigenvalue weighted by Crippen LogP contribution is -2.49. The van der Waals surface area contributed by atoms with Crippen LogP contribution < -0.4 is 21.7 Å². The molecule has 7 N–H and O–H groups in total. The van der Waals surface area contributed by atoms with Crippen molar-refractivity contribution in [2.45, 2.75) is 30.0 Å². The third-order valence-electron chi connectivity index (χ3n) is 4.30. The van der Waals surface area contributed by atoms with E-state index >= 15 is 0 Å².